The van der Waals surface area contributed by atoms with E-state index in [0.717, 1.165) is 5.56 Å². The first-order valence-corrected chi connectivity index (χ1v) is 6.34. The summed E-state index contributed by atoms with van der Waals surface area (Å²) < 4.78 is 18.5. The summed E-state index contributed by atoms with van der Waals surface area (Å²) in [5.41, 5.74) is 0.786. The predicted molar refractivity (Wildman–Crippen MR) is 71.9 cm³/mol. The molecule has 0 amide bonds. The summed E-state index contributed by atoms with van der Waals surface area (Å²) in [6, 6.07) is 5.12. The van der Waals surface area contributed by atoms with Crippen LogP contribution < -0.4 is 4.90 Å². The molecule has 0 N–H and O–H groups in total. The fraction of sp³-hybridized carbons (Fsp3) is 0.385. The van der Waals surface area contributed by atoms with E-state index in [-0.39, 0.29) is 10.9 Å². The van der Waals surface area contributed by atoms with Crippen molar-refractivity contribution < 1.29 is 8.91 Å². The van der Waals surface area contributed by atoms with E-state index in [2.05, 4.69) is 10.1 Å². The number of hydrogen-bond acceptors (Lipinski definition) is 4. The van der Waals surface area contributed by atoms with Gasteiger partial charge in [-0.2, -0.15) is 4.98 Å². The maximum atomic E-state index is 13.3. The van der Waals surface area contributed by atoms with E-state index in [0.29, 0.717) is 18.4 Å². The maximum absolute atomic E-state index is 13.3. The summed E-state index contributed by atoms with van der Waals surface area (Å²) in [4.78, 5) is 6.04. The van der Waals surface area contributed by atoms with Gasteiger partial charge in [0.15, 0.2) is 5.82 Å². The molecule has 2 aromatic rings. The Labute approximate surface area is 116 Å². The van der Waals surface area contributed by atoms with Crippen molar-refractivity contribution in [1.29, 1.82) is 0 Å². The largest absolute Gasteiger partial charge is 0.324 e. The van der Waals surface area contributed by atoms with E-state index < -0.39 is 5.82 Å². The average molecular weight is 284 g/mol. The number of benzene rings is 1. The molecule has 0 aliphatic carbocycles. The summed E-state index contributed by atoms with van der Waals surface area (Å²) in [5, 5.41) is 4.00. The molecule has 0 saturated heterocycles. The highest BCUT2D eigenvalue weighted by Gasteiger charge is 2.14. The number of nitrogens with zero attached hydrogens (tertiary/aromatic N) is 3. The molecule has 0 unspecified atom stereocenters. The van der Waals surface area contributed by atoms with Crippen LogP contribution in [0.15, 0.2) is 22.7 Å². The zero-order valence-corrected chi connectivity index (χ0v) is 11.8. The minimum absolute atomic E-state index is 0.117. The second kappa shape index (κ2) is 5.57. The Balaban J connectivity index is 2.11. The first kappa shape index (κ1) is 13.8. The quantitative estimate of drug-likeness (QED) is 0.859. The fourth-order valence-electron chi connectivity index (χ4n) is 1.60. The number of halogens is 2. The number of anilines is 1. The van der Waals surface area contributed by atoms with E-state index in [9.17, 15) is 4.39 Å². The lowest BCUT2D eigenvalue weighted by atomic mass is 10.2. The smallest absolute Gasteiger partial charge is 0.323 e. The van der Waals surface area contributed by atoms with Gasteiger partial charge >= 0.3 is 6.01 Å². The molecule has 0 fully saturated rings. The van der Waals surface area contributed by atoms with Crippen molar-refractivity contribution in [1.82, 2.24) is 10.1 Å². The highest BCUT2D eigenvalue weighted by atomic mass is 35.5. The molecule has 0 aliphatic heterocycles. The Morgan fingerprint density at radius 2 is 2.16 bits per heavy atom. The monoisotopic (exact) mass is 283 g/mol. The number of rotatable bonds is 4. The van der Waals surface area contributed by atoms with Crippen LogP contribution in [-0.4, -0.2) is 17.2 Å². The van der Waals surface area contributed by atoms with Crippen molar-refractivity contribution in [3.8, 4) is 0 Å². The fourth-order valence-corrected chi connectivity index (χ4v) is 1.71. The summed E-state index contributed by atoms with van der Waals surface area (Å²) >= 11 is 5.64. The SMILES string of the molecule is CC(C)c1noc(N(C)Cc2ccc(Cl)c(F)c2)n1. The van der Waals surface area contributed by atoms with Gasteiger partial charge < -0.3 is 9.42 Å². The molecular formula is C13H15ClFN3O. The Bertz CT molecular complexity index is 571. The molecular weight excluding hydrogens is 269 g/mol. The third-order valence-electron chi connectivity index (χ3n) is 2.68. The van der Waals surface area contributed by atoms with Gasteiger partial charge in [0.25, 0.3) is 0 Å². The highest BCUT2D eigenvalue weighted by Crippen LogP contribution is 2.19. The van der Waals surface area contributed by atoms with Gasteiger partial charge in [-0.1, -0.05) is 36.7 Å². The third-order valence-corrected chi connectivity index (χ3v) is 2.98. The van der Waals surface area contributed by atoms with Crippen molar-refractivity contribution in [3.63, 3.8) is 0 Å². The summed E-state index contributed by atoms with van der Waals surface area (Å²) in [7, 11) is 1.81. The lowest BCUT2D eigenvalue weighted by molar-refractivity contribution is 0.407. The zero-order valence-electron chi connectivity index (χ0n) is 11.0. The Morgan fingerprint density at radius 1 is 1.42 bits per heavy atom. The molecule has 0 bridgehead atoms. The van der Waals surface area contributed by atoms with Gasteiger partial charge in [-0.05, 0) is 17.7 Å². The molecule has 6 heteroatoms. The van der Waals surface area contributed by atoms with Gasteiger partial charge in [-0.15, -0.1) is 0 Å². The summed E-state index contributed by atoms with van der Waals surface area (Å²) in [5.74, 6) is 0.434. The van der Waals surface area contributed by atoms with Gasteiger partial charge in [-0.25, -0.2) is 4.39 Å². The zero-order chi connectivity index (χ0) is 14.0. The van der Waals surface area contributed by atoms with Crippen LogP contribution >= 0.6 is 11.6 Å². The van der Waals surface area contributed by atoms with Crippen LogP contribution in [0.5, 0.6) is 0 Å². The molecule has 0 aliphatic rings. The van der Waals surface area contributed by atoms with Gasteiger partial charge in [0.1, 0.15) is 5.82 Å². The van der Waals surface area contributed by atoms with Crippen LogP contribution in [-0.2, 0) is 6.54 Å². The molecule has 0 spiro atoms. The molecule has 0 atom stereocenters. The first-order chi connectivity index (χ1) is 8.97. The van der Waals surface area contributed by atoms with Crippen molar-refractivity contribution >= 4 is 17.6 Å². The first-order valence-electron chi connectivity index (χ1n) is 5.96. The minimum atomic E-state index is -0.430. The second-order valence-electron chi connectivity index (χ2n) is 4.69. The van der Waals surface area contributed by atoms with Crippen molar-refractivity contribution in [2.24, 2.45) is 0 Å². The second-order valence-corrected chi connectivity index (χ2v) is 5.10. The molecule has 1 aromatic carbocycles. The van der Waals surface area contributed by atoms with Gasteiger partial charge in [0.05, 0.1) is 5.02 Å². The van der Waals surface area contributed by atoms with Crippen LogP contribution in [0.2, 0.25) is 5.02 Å². The topological polar surface area (TPSA) is 42.2 Å². The summed E-state index contributed by atoms with van der Waals surface area (Å²) in [6.07, 6.45) is 0. The third kappa shape index (κ3) is 3.23. The molecule has 0 saturated carbocycles. The van der Waals surface area contributed by atoms with E-state index >= 15 is 0 Å². The minimum Gasteiger partial charge on any atom is -0.323 e. The maximum Gasteiger partial charge on any atom is 0.324 e. The molecule has 102 valence electrons. The van der Waals surface area contributed by atoms with Gasteiger partial charge in [0, 0.05) is 19.5 Å². The predicted octanol–water partition coefficient (Wildman–Crippen LogP) is 3.62. The van der Waals surface area contributed by atoms with Gasteiger partial charge in [0.2, 0.25) is 0 Å². The van der Waals surface area contributed by atoms with Crippen molar-refractivity contribution in [2.45, 2.75) is 26.3 Å². The van der Waals surface area contributed by atoms with Crippen LogP contribution in [0.3, 0.4) is 0 Å². The number of aromatic nitrogens is 2. The Hall–Kier alpha value is -1.62. The van der Waals surface area contributed by atoms with Crippen LogP contribution in [0.4, 0.5) is 10.4 Å². The van der Waals surface area contributed by atoms with E-state index in [1.165, 1.54) is 12.1 Å². The Morgan fingerprint density at radius 3 is 2.74 bits per heavy atom. The van der Waals surface area contributed by atoms with Crippen molar-refractivity contribution in [3.05, 3.63) is 40.4 Å². The van der Waals surface area contributed by atoms with E-state index in [4.69, 9.17) is 16.1 Å². The lowest BCUT2D eigenvalue weighted by Crippen LogP contribution is -2.16. The van der Waals surface area contributed by atoms with Crippen LogP contribution in [0, 0.1) is 5.82 Å². The van der Waals surface area contributed by atoms with E-state index in [1.807, 2.05) is 20.9 Å². The Kier molecular flexibility index (Phi) is 4.04. The van der Waals surface area contributed by atoms with Crippen LogP contribution in [0.1, 0.15) is 31.2 Å². The lowest BCUT2D eigenvalue weighted by Gasteiger charge is -2.13. The normalized spacial score (nSPS) is 11.1. The highest BCUT2D eigenvalue weighted by molar-refractivity contribution is 6.30. The molecule has 1 aromatic heterocycles. The molecule has 1 heterocycles. The molecule has 0 radical (unpaired) electrons. The molecule has 2 rings (SSSR count). The van der Waals surface area contributed by atoms with Gasteiger partial charge in [-0.3, -0.25) is 0 Å². The van der Waals surface area contributed by atoms with Crippen molar-refractivity contribution in [2.75, 3.05) is 11.9 Å². The summed E-state index contributed by atoms with van der Waals surface area (Å²) in [6.45, 7) is 4.44. The standard InChI is InChI=1S/C13H15ClFN3O/c1-8(2)12-16-13(19-17-12)18(3)7-9-4-5-10(14)11(15)6-9/h4-6,8H,7H2,1-3H3. The number of hydrogen-bond donors (Lipinski definition) is 0. The average Bonchev–Trinajstić information content (AvgIpc) is 2.83. The van der Waals surface area contributed by atoms with E-state index in [1.54, 1.807) is 11.0 Å². The van der Waals surface area contributed by atoms with Crippen LogP contribution in [0.25, 0.3) is 0 Å². The molecule has 19 heavy (non-hydrogen) atoms. The molecule has 4 nitrogen and oxygen atoms in total.